The Bertz CT molecular complexity index is 1610. The van der Waals surface area contributed by atoms with Crippen LogP contribution in [-0.2, 0) is 31.4 Å². The van der Waals surface area contributed by atoms with Gasteiger partial charge in [-0.05, 0) is 49.2 Å². The zero-order valence-corrected chi connectivity index (χ0v) is 27.1. The Hall–Kier alpha value is -5.98. The molecule has 2 atom stereocenters. The van der Waals surface area contributed by atoms with E-state index < -0.39 is 59.6 Å². The van der Waals surface area contributed by atoms with Gasteiger partial charge in [-0.15, -0.1) is 13.2 Å². The van der Waals surface area contributed by atoms with Crippen LogP contribution in [0, 0.1) is 0 Å². The summed E-state index contributed by atoms with van der Waals surface area (Å²) in [6, 6.07) is 8.70. The van der Waals surface area contributed by atoms with Crippen molar-refractivity contribution in [3.05, 3.63) is 103 Å². The predicted octanol–water partition coefficient (Wildman–Crippen LogP) is 6.11. The molecule has 0 aliphatic rings. The Morgan fingerprint density at radius 3 is 1.73 bits per heavy atom. The van der Waals surface area contributed by atoms with E-state index in [1.807, 2.05) is 0 Å². The third-order valence-electron chi connectivity index (χ3n) is 5.72. The summed E-state index contributed by atoms with van der Waals surface area (Å²) in [6.07, 6.45) is -4.53. The summed E-state index contributed by atoms with van der Waals surface area (Å²) in [5, 5.41) is 6.51. The number of hydrogen-bond acceptors (Lipinski definition) is 10. The molecule has 19 heteroatoms. The Kier molecular flexibility index (Phi) is 17.9. The Morgan fingerprint density at radius 1 is 0.784 bits per heavy atom. The van der Waals surface area contributed by atoms with Gasteiger partial charge in [0.25, 0.3) is 0 Å². The fourth-order valence-electron chi connectivity index (χ4n) is 3.34. The molecule has 13 nitrogen and oxygen atoms in total. The van der Waals surface area contributed by atoms with Gasteiger partial charge >= 0.3 is 36.4 Å². The highest BCUT2D eigenvalue weighted by molar-refractivity contribution is 5.92. The molecule has 0 saturated heterocycles. The summed E-state index contributed by atoms with van der Waals surface area (Å²) in [5.41, 5.74) is 3.44. The van der Waals surface area contributed by atoms with E-state index in [2.05, 4.69) is 48.5 Å². The number of anilines is 2. The molecule has 276 valence electrons. The van der Waals surface area contributed by atoms with Crippen LogP contribution < -0.4 is 26.4 Å². The molecule has 0 aliphatic carbocycles. The summed E-state index contributed by atoms with van der Waals surface area (Å²) in [4.78, 5) is 52.3. The highest BCUT2D eigenvalue weighted by Gasteiger charge is 2.32. The number of amides is 3. The van der Waals surface area contributed by atoms with Gasteiger partial charge in [-0.3, -0.25) is 15.4 Å². The smallest absolute Gasteiger partial charge is 0.418 e. The zero-order chi connectivity index (χ0) is 38.6. The minimum atomic E-state index is -4.55. The van der Waals surface area contributed by atoms with Crippen LogP contribution in [0.25, 0.3) is 0 Å². The van der Waals surface area contributed by atoms with Crippen molar-refractivity contribution < 1.29 is 59.7 Å². The first kappa shape index (κ1) is 43.0. The van der Waals surface area contributed by atoms with Crippen molar-refractivity contribution in [3.8, 4) is 5.75 Å². The van der Waals surface area contributed by atoms with Crippen LogP contribution >= 0.6 is 0 Å². The number of ether oxygens (including phenoxy) is 3. The quantitative estimate of drug-likeness (QED) is 0.108. The number of nitrogens with one attached hydrogen (secondary N) is 3. The molecule has 0 radical (unpaired) electrons. The van der Waals surface area contributed by atoms with Crippen LogP contribution in [-0.4, -0.2) is 60.3 Å². The fraction of sp³-hybridized carbons (Fsp3) is 0.250. The van der Waals surface area contributed by atoms with Crippen molar-refractivity contribution in [2.75, 3.05) is 24.9 Å². The third-order valence-corrected chi connectivity index (χ3v) is 5.72. The normalized spacial score (nSPS) is 11.7. The van der Waals surface area contributed by atoms with E-state index in [9.17, 15) is 45.5 Å². The number of rotatable bonds is 10. The maximum atomic E-state index is 12.5. The fourth-order valence-corrected chi connectivity index (χ4v) is 3.34. The molecule has 2 aromatic heterocycles. The maximum absolute atomic E-state index is 12.5. The molecule has 5 N–H and O–H groups in total. The van der Waals surface area contributed by atoms with E-state index >= 15 is 0 Å². The Balaban J connectivity index is 0.000000415. The van der Waals surface area contributed by atoms with E-state index in [4.69, 9.17) is 10.5 Å². The van der Waals surface area contributed by atoms with Gasteiger partial charge in [0.2, 0.25) is 0 Å². The summed E-state index contributed by atoms with van der Waals surface area (Å²) in [6.45, 7) is 6.86. The largest absolute Gasteiger partial charge is 0.468 e. The number of hydrogen-bond donors (Lipinski definition) is 4. The number of nitrogens with two attached hydrogens (primary N) is 1. The second-order valence-electron chi connectivity index (χ2n) is 9.54. The topological polar surface area (TPSA) is 184 Å². The molecule has 51 heavy (non-hydrogen) atoms. The molecule has 2 unspecified atom stereocenters. The number of methoxy groups -OCH3 is 2. The number of carbonyl (C=O) groups excluding carboxylic acids is 4. The van der Waals surface area contributed by atoms with Crippen LogP contribution in [0.5, 0.6) is 5.75 Å². The van der Waals surface area contributed by atoms with Crippen molar-refractivity contribution in [1.82, 2.24) is 15.3 Å². The number of nitrogens with zero attached hydrogens (tertiary/aromatic N) is 2. The number of para-hydroxylation sites is 1. The average Bonchev–Trinajstić information content (AvgIpc) is 3.08. The molecule has 0 saturated carbocycles. The molecule has 1 aromatic carbocycles. The lowest BCUT2D eigenvalue weighted by molar-refractivity contribution is -0.143. The van der Waals surface area contributed by atoms with Gasteiger partial charge in [-0.1, -0.05) is 30.4 Å². The number of benzene rings is 1. The molecular formula is C32H34F6N6O7. The van der Waals surface area contributed by atoms with Gasteiger partial charge in [0.15, 0.2) is 0 Å². The van der Waals surface area contributed by atoms with Crippen LogP contribution in [0.3, 0.4) is 0 Å². The van der Waals surface area contributed by atoms with Gasteiger partial charge in [-0.25, -0.2) is 24.4 Å². The lowest BCUT2D eigenvalue weighted by Gasteiger charge is -2.15. The Labute approximate surface area is 287 Å². The van der Waals surface area contributed by atoms with Crippen LogP contribution in [0.2, 0.25) is 0 Å². The highest BCUT2D eigenvalue weighted by Crippen LogP contribution is 2.30. The van der Waals surface area contributed by atoms with E-state index in [0.717, 1.165) is 37.7 Å². The number of alkyl halides is 6. The summed E-state index contributed by atoms with van der Waals surface area (Å²) in [7, 11) is 2.46. The van der Waals surface area contributed by atoms with Crippen molar-refractivity contribution in [2.45, 2.75) is 37.3 Å². The molecule has 0 spiro atoms. The standard InChI is InChI=1S/C13H14F3N3O3.C13H9F3N2O2.C6H11NO2/c1-3-4-9(11(20)22-2)18-12(21)19-10-7-8(5-6-17-10)13(14,15)16;14-13(15,16)9-6-7-17-11(8-9)18-12(19)20-10-4-2-1-3-5-10;1-3-4-5(7)6(8)9-2/h3,5-7,9H,1,4H2,2H3,(H2,17,18,19,21);1-8H,(H,17,18,19);3,5H,1,4,7H2,2H3. The van der Waals surface area contributed by atoms with Crippen LogP contribution in [0.4, 0.5) is 47.6 Å². The first-order valence-electron chi connectivity index (χ1n) is 14.3. The molecular weight excluding hydrogens is 694 g/mol. The van der Waals surface area contributed by atoms with Crippen LogP contribution in [0.1, 0.15) is 24.0 Å². The number of halogens is 6. The van der Waals surface area contributed by atoms with E-state index in [0.29, 0.717) is 12.5 Å². The molecule has 0 bridgehead atoms. The predicted molar refractivity (Wildman–Crippen MR) is 172 cm³/mol. The van der Waals surface area contributed by atoms with Crippen molar-refractivity contribution in [3.63, 3.8) is 0 Å². The Morgan fingerprint density at radius 2 is 1.27 bits per heavy atom. The average molecular weight is 729 g/mol. The summed E-state index contributed by atoms with van der Waals surface area (Å²) in [5.74, 6) is -1.35. The van der Waals surface area contributed by atoms with E-state index in [1.54, 1.807) is 36.4 Å². The second-order valence-corrected chi connectivity index (χ2v) is 9.54. The molecule has 3 aromatic rings. The number of urea groups is 1. The lowest BCUT2D eigenvalue weighted by atomic mass is 10.2. The van der Waals surface area contributed by atoms with Gasteiger partial charge in [0, 0.05) is 12.4 Å². The summed E-state index contributed by atoms with van der Waals surface area (Å²) < 4.78 is 88.8. The van der Waals surface area contributed by atoms with E-state index in [1.165, 1.54) is 13.2 Å². The first-order chi connectivity index (χ1) is 23.9. The van der Waals surface area contributed by atoms with Gasteiger partial charge in [-0.2, -0.15) is 26.3 Å². The van der Waals surface area contributed by atoms with Gasteiger partial charge in [0.05, 0.1) is 25.3 Å². The maximum Gasteiger partial charge on any atom is 0.418 e. The molecule has 0 aliphatic heterocycles. The molecule has 0 fully saturated rings. The molecule has 3 rings (SSSR count). The first-order valence-corrected chi connectivity index (χ1v) is 14.3. The number of aromatic nitrogens is 2. The number of esters is 2. The number of pyridine rings is 2. The van der Waals surface area contributed by atoms with Gasteiger partial charge < -0.3 is 25.3 Å². The monoisotopic (exact) mass is 728 g/mol. The SMILES string of the molecule is C=CCC(N)C(=O)OC.C=CCC(NC(=O)Nc1cc(C(F)(F)F)ccn1)C(=O)OC.O=C(Nc1cc(C(F)(F)F)ccn1)Oc1ccccc1. The van der Waals surface area contributed by atoms with Gasteiger partial charge in [0.1, 0.15) is 29.5 Å². The summed E-state index contributed by atoms with van der Waals surface area (Å²) >= 11 is 0. The minimum Gasteiger partial charge on any atom is -0.468 e. The van der Waals surface area contributed by atoms with Crippen molar-refractivity contribution in [2.24, 2.45) is 5.73 Å². The highest BCUT2D eigenvalue weighted by atomic mass is 19.4. The van der Waals surface area contributed by atoms with Crippen molar-refractivity contribution >= 4 is 35.7 Å². The zero-order valence-electron chi connectivity index (χ0n) is 27.1. The van der Waals surface area contributed by atoms with Crippen molar-refractivity contribution in [1.29, 1.82) is 0 Å². The minimum absolute atomic E-state index is 0.107. The van der Waals surface area contributed by atoms with Crippen LogP contribution in [0.15, 0.2) is 92.3 Å². The third kappa shape index (κ3) is 16.8. The number of carbonyl (C=O) groups is 4. The van der Waals surface area contributed by atoms with E-state index in [-0.39, 0.29) is 23.8 Å². The molecule has 2 heterocycles. The molecule has 3 amide bonds. The second kappa shape index (κ2) is 21.2. The lowest BCUT2D eigenvalue weighted by Crippen LogP contribution is -2.43.